The van der Waals surface area contributed by atoms with E-state index in [0.717, 1.165) is 46.9 Å². The van der Waals surface area contributed by atoms with E-state index in [2.05, 4.69) is 4.57 Å². The Labute approximate surface area is 180 Å². The van der Waals surface area contributed by atoms with Crippen LogP contribution in [0.3, 0.4) is 0 Å². The lowest BCUT2D eigenvalue weighted by molar-refractivity contribution is -0.105. The zero-order valence-corrected chi connectivity index (χ0v) is 17.4. The average Bonchev–Trinajstić information content (AvgIpc) is 2.98. The van der Waals surface area contributed by atoms with Crippen LogP contribution in [-0.2, 0) is 11.3 Å². The maximum atomic E-state index is 11.9. The second-order valence-corrected chi connectivity index (χ2v) is 8.78. The highest BCUT2D eigenvalue weighted by atomic mass is 35.5. The highest BCUT2D eigenvalue weighted by Gasteiger charge is 2.29. The van der Waals surface area contributed by atoms with Crippen LogP contribution in [0.2, 0.25) is 5.02 Å². The molecule has 2 aliphatic rings. The average molecular weight is 419 g/mol. The highest BCUT2D eigenvalue weighted by Crippen LogP contribution is 2.46. The lowest BCUT2D eigenvalue weighted by Gasteiger charge is -2.24. The minimum Gasteiger partial charge on any atom is -0.366 e. The number of rotatable bonds is 3. The highest BCUT2D eigenvalue weighted by molar-refractivity contribution is 6.31. The minimum absolute atomic E-state index is 0.446. The number of hydrogen-bond acceptors (Lipinski definition) is 2. The van der Waals surface area contributed by atoms with E-state index in [1.165, 1.54) is 24.8 Å². The van der Waals surface area contributed by atoms with Gasteiger partial charge in [0.2, 0.25) is 5.91 Å². The van der Waals surface area contributed by atoms with Crippen molar-refractivity contribution in [1.82, 2.24) is 4.57 Å². The van der Waals surface area contributed by atoms with E-state index in [1.54, 1.807) is 0 Å². The molecule has 2 heterocycles. The number of primary amides is 1. The molecular weight excluding hydrogens is 396 g/mol. The molecule has 5 rings (SSSR count). The summed E-state index contributed by atoms with van der Waals surface area (Å²) in [5.41, 5.74) is 12.1. The summed E-state index contributed by atoms with van der Waals surface area (Å²) in [6.07, 6.45) is 8.86. The molecule has 1 aromatic heterocycles. The van der Waals surface area contributed by atoms with Crippen LogP contribution in [0.1, 0.15) is 59.5 Å². The third-order valence-electron chi connectivity index (χ3n) is 6.51. The molecule has 152 valence electrons. The molecular formula is C25H23ClN2O2. The molecule has 0 atom stereocenters. The van der Waals surface area contributed by atoms with Gasteiger partial charge in [-0.25, -0.2) is 0 Å². The van der Waals surface area contributed by atoms with E-state index >= 15 is 0 Å². The van der Waals surface area contributed by atoms with Crippen LogP contribution in [0.4, 0.5) is 0 Å². The molecule has 4 nitrogen and oxygen atoms in total. The Morgan fingerprint density at radius 3 is 2.63 bits per heavy atom. The van der Waals surface area contributed by atoms with Crippen LogP contribution in [0.5, 0.6) is 0 Å². The van der Waals surface area contributed by atoms with Crippen molar-refractivity contribution in [3.8, 4) is 11.3 Å². The predicted octanol–water partition coefficient (Wildman–Crippen LogP) is 5.70. The molecule has 5 heteroatoms. The van der Waals surface area contributed by atoms with Gasteiger partial charge in [-0.2, -0.15) is 0 Å². The van der Waals surface area contributed by atoms with E-state index in [0.29, 0.717) is 28.6 Å². The number of carbonyl (C=O) groups excluding carboxylic acids is 2. The quantitative estimate of drug-likeness (QED) is 0.554. The fraction of sp³-hybridized carbons (Fsp3) is 0.280. The molecule has 0 spiro atoms. The van der Waals surface area contributed by atoms with Crippen LogP contribution in [0.15, 0.2) is 42.0 Å². The number of aromatic nitrogens is 1. The fourth-order valence-electron chi connectivity index (χ4n) is 5.15. The number of amides is 1. The maximum Gasteiger partial charge on any atom is 0.248 e. The number of hydrogen-bond donors (Lipinski definition) is 1. The van der Waals surface area contributed by atoms with Gasteiger partial charge in [-0.3, -0.25) is 9.59 Å². The summed E-state index contributed by atoms with van der Waals surface area (Å²) in [4.78, 5) is 23.7. The van der Waals surface area contributed by atoms with E-state index < -0.39 is 5.91 Å². The number of allylic oxidation sites excluding steroid dienone is 1. The molecule has 2 N–H and O–H groups in total. The number of nitrogens with two attached hydrogens (primary N) is 1. The maximum absolute atomic E-state index is 11.9. The summed E-state index contributed by atoms with van der Waals surface area (Å²) >= 11 is 6.41. The summed E-state index contributed by atoms with van der Waals surface area (Å²) in [7, 11) is 0. The Morgan fingerprint density at radius 1 is 1.10 bits per heavy atom. The summed E-state index contributed by atoms with van der Waals surface area (Å²) in [6.45, 7) is 0.455. The first-order chi connectivity index (χ1) is 14.6. The Morgan fingerprint density at radius 2 is 1.90 bits per heavy atom. The van der Waals surface area contributed by atoms with E-state index in [-0.39, 0.29) is 0 Å². The fourth-order valence-corrected chi connectivity index (χ4v) is 5.32. The van der Waals surface area contributed by atoms with Gasteiger partial charge in [0.15, 0.2) is 0 Å². The molecule has 1 aliphatic carbocycles. The Balaban J connectivity index is 1.89. The third kappa shape index (κ3) is 3.07. The second-order valence-electron chi connectivity index (χ2n) is 8.35. The van der Waals surface area contributed by atoms with Crippen molar-refractivity contribution in [2.24, 2.45) is 5.73 Å². The zero-order valence-electron chi connectivity index (χ0n) is 16.7. The first-order valence-electron chi connectivity index (χ1n) is 10.5. The summed E-state index contributed by atoms with van der Waals surface area (Å²) in [5, 5.41) is 1.81. The van der Waals surface area contributed by atoms with Crippen LogP contribution in [-0.4, -0.2) is 16.8 Å². The Bertz CT molecular complexity index is 1220. The van der Waals surface area contributed by atoms with Gasteiger partial charge in [-0.1, -0.05) is 43.0 Å². The normalized spacial score (nSPS) is 16.5. The van der Waals surface area contributed by atoms with Crippen molar-refractivity contribution in [2.75, 3.05) is 0 Å². The first-order valence-corrected chi connectivity index (χ1v) is 10.9. The smallest absolute Gasteiger partial charge is 0.248 e. The van der Waals surface area contributed by atoms with Crippen LogP contribution < -0.4 is 5.73 Å². The van der Waals surface area contributed by atoms with Crippen LogP contribution in [0.25, 0.3) is 28.2 Å². The minimum atomic E-state index is -0.449. The van der Waals surface area contributed by atoms with Gasteiger partial charge in [-0.15, -0.1) is 0 Å². The van der Waals surface area contributed by atoms with Gasteiger partial charge in [0.25, 0.3) is 0 Å². The zero-order chi connectivity index (χ0) is 20.8. The lowest BCUT2D eigenvalue weighted by atomic mass is 9.81. The van der Waals surface area contributed by atoms with E-state index in [1.807, 2.05) is 42.5 Å². The van der Waals surface area contributed by atoms with Gasteiger partial charge in [0.1, 0.15) is 6.29 Å². The number of benzene rings is 2. The molecule has 2 aromatic carbocycles. The molecule has 1 amide bonds. The van der Waals surface area contributed by atoms with Gasteiger partial charge < -0.3 is 10.3 Å². The molecule has 0 radical (unpaired) electrons. The largest absolute Gasteiger partial charge is 0.366 e. The topological polar surface area (TPSA) is 65.1 Å². The van der Waals surface area contributed by atoms with Crippen molar-refractivity contribution in [3.05, 3.63) is 63.7 Å². The monoisotopic (exact) mass is 418 g/mol. The van der Waals surface area contributed by atoms with Crippen molar-refractivity contribution < 1.29 is 9.59 Å². The summed E-state index contributed by atoms with van der Waals surface area (Å²) < 4.78 is 2.17. The summed E-state index contributed by atoms with van der Waals surface area (Å²) in [5.74, 6) is -0.00331. The standard InChI is InChI=1S/C25H23ClN2O2/c26-19-8-6-17-10-15(14-29)13-28-22-11-18(25(27)30)7-9-20(22)23(24(28)21(17)12-19)16-4-2-1-3-5-16/h6-12,14,16H,1-5,13H2,(H2,27,30). The molecule has 3 aromatic rings. The van der Waals surface area contributed by atoms with Gasteiger partial charge in [-0.05, 0) is 60.2 Å². The molecule has 0 unspecified atom stereocenters. The molecule has 1 fully saturated rings. The van der Waals surface area contributed by atoms with Gasteiger partial charge in [0, 0.05) is 32.6 Å². The number of carbonyl (C=O) groups is 2. The van der Waals surface area contributed by atoms with Gasteiger partial charge in [0.05, 0.1) is 12.2 Å². The molecule has 0 saturated heterocycles. The van der Waals surface area contributed by atoms with Crippen LogP contribution >= 0.6 is 11.6 Å². The second kappa shape index (κ2) is 7.44. The van der Waals surface area contributed by atoms with Crippen molar-refractivity contribution in [1.29, 1.82) is 0 Å². The van der Waals surface area contributed by atoms with E-state index in [4.69, 9.17) is 17.3 Å². The number of halogens is 1. The van der Waals surface area contributed by atoms with Crippen molar-refractivity contribution >= 4 is 40.8 Å². The lowest BCUT2D eigenvalue weighted by Crippen LogP contribution is -2.11. The summed E-state index contributed by atoms with van der Waals surface area (Å²) in [6, 6.07) is 11.5. The van der Waals surface area contributed by atoms with Crippen molar-refractivity contribution in [2.45, 2.75) is 44.6 Å². The Hall–Kier alpha value is -2.85. The molecule has 1 aliphatic heterocycles. The van der Waals surface area contributed by atoms with E-state index in [9.17, 15) is 9.59 Å². The molecule has 30 heavy (non-hydrogen) atoms. The van der Waals surface area contributed by atoms with Crippen LogP contribution in [0, 0.1) is 0 Å². The predicted molar refractivity (Wildman–Crippen MR) is 121 cm³/mol. The number of nitrogens with zero attached hydrogens (tertiary/aromatic N) is 1. The third-order valence-corrected chi connectivity index (χ3v) is 6.74. The Kier molecular flexibility index (Phi) is 4.75. The first kappa shape index (κ1) is 19.1. The van der Waals surface area contributed by atoms with Gasteiger partial charge >= 0.3 is 0 Å². The SMILES string of the molecule is NC(=O)c1ccc2c(C3CCCCC3)c3n(c2c1)CC(C=O)=Cc1ccc(Cl)cc1-3. The number of fused-ring (bicyclic) bond motifs is 5. The molecule has 0 bridgehead atoms. The number of aldehydes is 1. The van der Waals surface area contributed by atoms with Crippen molar-refractivity contribution in [3.63, 3.8) is 0 Å². The molecule has 1 saturated carbocycles.